The number of anilines is 1. The van der Waals surface area contributed by atoms with Gasteiger partial charge in [0.1, 0.15) is 5.00 Å². The van der Waals surface area contributed by atoms with Crippen molar-refractivity contribution < 1.29 is 18.0 Å². The highest BCUT2D eigenvalue weighted by Gasteiger charge is 2.28. The molecule has 0 saturated heterocycles. The molecule has 2 aromatic carbocycles. The summed E-state index contributed by atoms with van der Waals surface area (Å²) in [6.45, 7) is 4.48. The molecule has 0 fully saturated rings. The van der Waals surface area contributed by atoms with Gasteiger partial charge in [-0.25, -0.2) is 8.42 Å². The van der Waals surface area contributed by atoms with Crippen LogP contribution in [-0.4, -0.2) is 38.1 Å². The van der Waals surface area contributed by atoms with Gasteiger partial charge in [-0.3, -0.25) is 9.59 Å². The lowest BCUT2D eigenvalue weighted by Crippen LogP contribution is -2.35. The lowest BCUT2D eigenvalue weighted by atomic mass is 10.0. The van der Waals surface area contributed by atoms with E-state index in [2.05, 4.69) is 10.6 Å². The molecule has 1 aromatic heterocycles. The molecule has 0 atom stereocenters. The lowest BCUT2D eigenvalue weighted by molar-refractivity contribution is 0.0963. The Labute approximate surface area is 197 Å². The number of sulfonamides is 1. The molecule has 0 unspecified atom stereocenters. The molecule has 33 heavy (non-hydrogen) atoms. The van der Waals surface area contributed by atoms with Crippen LogP contribution in [0.15, 0.2) is 53.4 Å². The second-order valence-corrected chi connectivity index (χ2v) is 11.1. The first-order valence-corrected chi connectivity index (χ1v) is 12.8. The number of amides is 2. The fourth-order valence-electron chi connectivity index (χ4n) is 3.89. The summed E-state index contributed by atoms with van der Waals surface area (Å²) in [4.78, 5) is 26.1. The summed E-state index contributed by atoms with van der Waals surface area (Å²) in [5, 5.41) is 5.86. The second kappa shape index (κ2) is 9.09. The molecule has 7 nitrogen and oxygen atoms in total. The first-order chi connectivity index (χ1) is 15.7. The molecule has 3 aromatic rings. The Balaban J connectivity index is 1.52. The normalized spacial score (nSPS) is 13.9. The molecule has 172 valence electrons. The third-order valence-electron chi connectivity index (χ3n) is 5.92. The first kappa shape index (κ1) is 23.2. The topological polar surface area (TPSA) is 95.6 Å². The molecule has 0 aliphatic carbocycles. The van der Waals surface area contributed by atoms with Crippen LogP contribution in [0.5, 0.6) is 0 Å². The van der Waals surface area contributed by atoms with Gasteiger partial charge in [0.05, 0.1) is 10.5 Å². The molecule has 1 aliphatic rings. The Hall–Kier alpha value is -3.01. The third kappa shape index (κ3) is 4.44. The zero-order chi connectivity index (χ0) is 23.8. The van der Waals surface area contributed by atoms with Gasteiger partial charge >= 0.3 is 0 Å². The van der Waals surface area contributed by atoms with Crippen LogP contribution in [0.25, 0.3) is 0 Å². The van der Waals surface area contributed by atoms with Crippen molar-refractivity contribution in [2.45, 2.75) is 31.7 Å². The van der Waals surface area contributed by atoms with Gasteiger partial charge in [-0.1, -0.05) is 24.3 Å². The minimum Gasteiger partial charge on any atom is -0.355 e. The van der Waals surface area contributed by atoms with E-state index in [0.717, 1.165) is 16.0 Å². The van der Waals surface area contributed by atoms with E-state index < -0.39 is 15.9 Å². The molecule has 0 spiro atoms. The molecule has 2 heterocycles. The van der Waals surface area contributed by atoms with Crippen LogP contribution in [0.2, 0.25) is 0 Å². The van der Waals surface area contributed by atoms with Crippen LogP contribution in [0.3, 0.4) is 0 Å². The number of nitrogens with one attached hydrogen (secondary N) is 2. The van der Waals surface area contributed by atoms with Crippen LogP contribution in [0.1, 0.15) is 42.3 Å². The van der Waals surface area contributed by atoms with Gasteiger partial charge < -0.3 is 10.6 Å². The molecule has 9 heteroatoms. The smallest absolute Gasteiger partial charge is 0.256 e. The Morgan fingerprint density at radius 3 is 2.30 bits per heavy atom. The molecular weight excluding hydrogens is 458 g/mol. The third-order valence-corrected chi connectivity index (χ3v) is 8.90. The van der Waals surface area contributed by atoms with Crippen LogP contribution < -0.4 is 10.6 Å². The average Bonchev–Trinajstić information content (AvgIpc) is 3.10. The van der Waals surface area contributed by atoms with E-state index in [1.807, 2.05) is 38.1 Å². The van der Waals surface area contributed by atoms with Crippen LogP contribution in [0, 0.1) is 13.8 Å². The number of aryl methyl sites for hydroxylation is 1. The Kier molecular flexibility index (Phi) is 6.38. The summed E-state index contributed by atoms with van der Waals surface area (Å²) in [5.41, 5.74) is 3.75. The summed E-state index contributed by atoms with van der Waals surface area (Å²) in [6, 6.07) is 13.7. The van der Waals surface area contributed by atoms with E-state index in [4.69, 9.17) is 0 Å². The van der Waals surface area contributed by atoms with Crippen LogP contribution in [0.4, 0.5) is 5.00 Å². The molecule has 0 saturated carbocycles. The second-order valence-electron chi connectivity index (χ2n) is 7.90. The van der Waals surface area contributed by atoms with Crippen LogP contribution >= 0.6 is 11.3 Å². The van der Waals surface area contributed by atoms with Crippen LogP contribution in [-0.2, 0) is 23.0 Å². The molecule has 2 N–H and O–H groups in total. The maximum atomic E-state index is 13.1. The van der Waals surface area contributed by atoms with Gasteiger partial charge in [-0.15, -0.1) is 11.3 Å². The molecule has 4 rings (SSSR count). The highest BCUT2D eigenvalue weighted by atomic mass is 32.2. The maximum Gasteiger partial charge on any atom is 0.256 e. The lowest BCUT2D eigenvalue weighted by Gasteiger charge is -2.28. The predicted octanol–water partition coefficient (Wildman–Crippen LogP) is 3.72. The quantitative estimate of drug-likeness (QED) is 0.578. The number of nitrogens with zero attached hydrogens (tertiary/aromatic N) is 1. The standard InChI is InChI=1S/C24H25N3O4S2/c1-15-16(2)32-24(21(15)23(29)25-3)26-22(28)18-8-10-20(11-9-18)33(30,31)27-13-12-17-6-4-5-7-19(17)14-27/h4-11H,12-14H2,1-3H3,(H,25,29)(H,26,28). The van der Waals surface area contributed by atoms with E-state index in [-0.39, 0.29) is 10.8 Å². The zero-order valence-electron chi connectivity index (χ0n) is 18.6. The number of carbonyl (C=O) groups excluding carboxylic acids is 2. The Morgan fingerprint density at radius 2 is 1.64 bits per heavy atom. The van der Waals surface area contributed by atoms with Crippen molar-refractivity contribution in [2.75, 3.05) is 18.9 Å². The number of fused-ring (bicyclic) bond motifs is 1. The van der Waals surface area contributed by atoms with Crippen molar-refractivity contribution in [1.29, 1.82) is 0 Å². The monoisotopic (exact) mass is 483 g/mol. The number of benzene rings is 2. The predicted molar refractivity (Wildman–Crippen MR) is 129 cm³/mol. The maximum absolute atomic E-state index is 13.1. The minimum atomic E-state index is -3.68. The van der Waals surface area contributed by atoms with Gasteiger partial charge in [-0.05, 0) is 61.2 Å². The number of hydrogen-bond donors (Lipinski definition) is 2. The Morgan fingerprint density at radius 1 is 0.970 bits per heavy atom. The average molecular weight is 484 g/mol. The highest BCUT2D eigenvalue weighted by Crippen LogP contribution is 2.33. The van der Waals surface area contributed by atoms with Crippen molar-refractivity contribution in [3.63, 3.8) is 0 Å². The molecule has 1 aliphatic heterocycles. The molecular formula is C24H25N3O4S2. The van der Waals surface area contributed by atoms with Gasteiger partial charge in [0.15, 0.2) is 0 Å². The first-order valence-electron chi connectivity index (χ1n) is 10.5. The minimum absolute atomic E-state index is 0.146. The molecule has 2 amide bonds. The highest BCUT2D eigenvalue weighted by molar-refractivity contribution is 7.89. The molecule has 0 radical (unpaired) electrons. The van der Waals surface area contributed by atoms with Gasteiger partial charge in [0.2, 0.25) is 10.0 Å². The fraction of sp³-hybridized carbons (Fsp3) is 0.250. The fourth-order valence-corrected chi connectivity index (χ4v) is 6.36. The molecule has 0 bridgehead atoms. The summed E-state index contributed by atoms with van der Waals surface area (Å²) in [6.07, 6.45) is 0.670. The van der Waals surface area contributed by atoms with Crippen molar-refractivity contribution >= 4 is 38.2 Å². The summed E-state index contributed by atoms with van der Waals surface area (Å²) >= 11 is 1.33. The zero-order valence-corrected chi connectivity index (χ0v) is 20.3. The van der Waals surface area contributed by atoms with Gasteiger partial charge in [-0.2, -0.15) is 4.31 Å². The van der Waals surface area contributed by atoms with E-state index in [1.54, 1.807) is 7.05 Å². The SMILES string of the molecule is CNC(=O)c1c(NC(=O)c2ccc(S(=O)(=O)N3CCc4ccccc4C3)cc2)sc(C)c1C. The summed E-state index contributed by atoms with van der Waals surface area (Å²) < 4.78 is 27.8. The largest absolute Gasteiger partial charge is 0.355 e. The van der Waals surface area contributed by atoms with Crippen molar-refractivity contribution in [1.82, 2.24) is 9.62 Å². The van der Waals surface area contributed by atoms with E-state index >= 15 is 0 Å². The van der Waals surface area contributed by atoms with E-state index in [9.17, 15) is 18.0 Å². The van der Waals surface area contributed by atoms with Gasteiger partial charge in [0.25, 0.3) is 11.8 Å². The van der Waals surface area contributed by atoms with E-state index in [1.165, 1.54) is 45.5 Å². The van der Waals surface area contributed by atoms with Crippen molar-refractivity contribution in [2.24, 2.45) is 0 Å². The number of rotatable bonds is 5. The van der Waals surface area contributed by atoms with Gasteiger partial charge in [0, 0.05) is 30.6 Å². The Bertz CT molecular complexity index is 1330. The summed E-state index contributed by atoms with van der Waals surface area (Å²) in [5.74, 6) is -0.672. The number of carbonyl (C=O) groups is 2. The van der Waals surface area contributed by atoms with E-state index in [0.29, 0.717) is 35.6 Å². The summed E-state index contributed by atoms with van der Waals surface area (Å²) in [7, 11) is -2.14. The van der Waals surface area contributed by atoms with Crippen molar-refractivity contribution in [3.05, 3.63) is 81.2 Å². The number of thiophene rings is 1. The number of hydrogen-bond acceptors (Lipinski definition) is 5. The van der Waals surface area contributed by atoms with Crippen molar-refractivity contribution in [3.8, 4) is 0 Å².